The molecule has 2 aliphatic carbocycles. The van der Waals surface area contributed by atoms with E-state index in [1.54, 1.807) is 6.92 Å². The van der Waals surface area contributed by atoms with Gasteiger partial charge in [0.25, 0.3) is 0 Å². The first-order chi connectivity index (χ1) is 6.59. The molecule has 3 heteroatoms. The molecule has 0 radical (unpaired) electrons. The van der Waals surface area contributed by atoms with Crippen LogP contribution in [0.25, 0.3) is 0 Å². The maximum absolute atomic E-state index is 11.1. The molecule has 4 atom stereocenters. The van der Waals surface area contributed by atoms with E-state index in [2.05, 4.69) is 0 Å². The van der Waals surface area contributed by atoms with E-state index >= 15 is 0 Å². The highest BCUT2D eigenvalue weighted by molar-refractivity contribution is 5.77. The van der Waals surface area contributed by atoms with Gasteiger partial charge in [0.2, 0.25) is 0 Å². The van der Waals surface area contributed by atoms with Crippen LogP contribution in [0.4, 0.5) is 0 Å². The zero-order valence-electron chi connectivity index (χ0n) is 8.57. The van der Waals surface area contributed by atoms with E-state index in [4.69, 9.17) is 5.11 Å². The molecule has 3 nitrogen and oxygen atoms in total. The molecule has 2 aliphatic rings. The van der Waals surface area contributed by atoms with Crippen molar-refractivity contribution in [1.29, 1.82) is 0 Å². The lowest BCUT2D eigenvalue weighted by molar-refractivity contribution is -0.168. The Labute approximate surface area is 84.1 Å². The zero-order chi connectivity index (χ0) is 10.3. The molecule has 2 rings (SSSR count). The first-order valence-corrected chi connectivity index (χ1v) is 5.55. The summed E-state index contributed by atoms with van der Waals surface area (Å²) in [5.41, 5.74) is -1.46. The van der Waals surface area contributed by atoms with E-state index in [1.165, 1.54) is 6.42 Å². The van der Waals surface area contributed by atoms with Gasteiger partial charge in [-0.15, -0.1) is 0 Å². The quantitative estimate of drug-likeness (QED) is 0.725. The van der Waals surface area contributed by atoms with Gasteiger partial charge in [0.15, 0.2) is 5.60 Å². The number of fused-ring (bicyclic) bond motifs is 1. The van der Waals surface area contributed by atoms with E-state index < -0.39 is 11.6 Å². The molecule has 80 valence electrons. The van der Waals surface area contributed by atoms with Gasteiger partial charge in [-0.2, -0.15) is 0 Å². The van der Waals surface area contributed by atoms with Crippen LogP contribution in [0.2, 0.25) is 0 Å². The number of carboxylic acids is 1. The highest BCUT2D eigenvalue weighted by Gasteiger charge is 2.55. The summed E-state index contributed by atoms with van der Waals surface area (Å²) >= 11 is 0. The van der Waals surface area contributed by atoms with Crippen molar-refractivity contribution in [2.75, 3.05) is 0 Å². The van der Waals surface area contributed by atoms with Crippen LogP contribution < -0.4 is 0 Å². The average Bonchev–Trinajstić information content (AvgIpc) is 2.94. The summed E-state index contributed by atoms with van der Waals surface area (Å²) in [5, 5.41) is 19.2. The van der Waals surface area contributed by atoms with E-state index in [1.807, 2.05) is 0 Å². The third kappa shape index (κ3) is 1.34. The molecular formula is C11H18O3. The Morgan fingerprint density at radius 3 is 2.79 bits per heavy atom. The molecule has 0 heterocycles. The second-order valence-corrected chi connectivity index (χ2v) is 4.78. The predicted molar refractivity (Wildman–Crippen MR) is 51.8 cm³/mol. The maximum atomic E-state index is 11.1. The second kappa shape index (κ2) is 3.23. The van der Waals surface area contributed by atoms with Crippen LogP contribution in [-0.2, 0) is 4.79 Å². The van der Waals surface area contributed by atoms with Crippen LogP contribution in [-0.4, -0.2) is 21.8 Å². The van der Waals surface area contributed by atoms with Gasteiger partial charge in [-0.3, -0.25) is 0 Å². The molecule has 0 saturated heterocycles. The molecule has 2 fully saturated rings. The molecule has 0 aliphatic heterocycles. The highest BCUT2D eigenvalue weighted by atomic mass is 16.4. The number of hydrogen-bond acceptors (Lipinski definition) is 2. The van der Waals surface area contributed by atoms with E-state index in [0.717, 1.165) is 19.3 Å². The van der Waals surface area contributed by atoms with E-state index in [0.29, 0.717) is 18.3 Å². The van der Waals surface area contributed by atoms with Crippen molar-refractivity contribution in [3.05, 3.63) is 0 Å². The van der Waals surface area contributed by atoms with Crippen molar-refractivity contribution in [1.82, 2.24) is 0 Å². The third-order valence-electron chi connectivity index (χ3n) is 4.11. The molecule has 0 bridgehead atoms. The van der Waals surface area contributed by atoms with Gasteiger partial charge in [-0.25, -0.2) is 4.79 Å². The molecule has 2 N–H and O–H groups in total. The smallest absolute Gasteiger partial charge is 0.335 e. The highest BCUT2D eigenvalue weighted by Crippen LogP contribution is 2.56. The largest absolute Gasteiger partial charge is 0.479 e. The summed E-state index contributed by atoms with van der Waals surface area (Å²) in [4.78, 5) is 11.1. The van der Waals surface area contributed by atoms with Crippen LogP contribution in [0.15, 0.2) is 0 Å². The van der Waals surface area contributed by atoms with Gasteiger partial charge in [0.05, 0.1) is 0 Å². The number of rotatable bonds is 3. The molecule has 0 aromatic rings. The molecule has 0 aromatic heterocycles. The Kier molecular flexibility index (Phi) is 2.30. The minimum Gasteiger partial charge on any atom is -0.479 e. The van der Waals surface area contributed by atoms with Crippen molar-refractivity contribution in [2.45, 2.75) is 44.6 Å². The van der Waals surface area contributed by atoms with Crippen LogP contribution in [0.5, 0.6) is 0 Å². The fourth-order valence-electron chi connectivity index (χ4n) is 3.07. The SMILES string of the molecule is CCC(O)(C(=O)O)C1CCCC2CC21. The van der Waals surface area contributed by atoms with Crippen molar-refractivity contribution in [3.63, 3.8) is 0 Å². The minimum absolute atomic E-state index is 0.00347. The number of aliphatic carboxylic acids is 1. The van der Waals surface area contributed by atoms with Crippen LogP contribution in [0.1, 0.15) is 39.0 Å². The first kappa shape index (κ1) is 9.97. The van der Waals surface area contributed by atoms with E-state index in [-0.39, 0.29) is 5.92 Å². The Morgan fingerprint density at radius 1 is 1.50 bits per heavy atom. The lowest BCUT2D eigenvalue weighted by Gasteiger charge is -2.34. The summed E-state index contributed by atoms with van der Waals surface area (Å²) in [6.45, 7) is 1.76. The Morgan fingerprint density at radius 2 is 2.21 bits per heavy atom. The first-order valence-electron chi connectivity index (χ1n) is 5.55. The standard InChI is InChI=1S/C11H18O3/c1-2-11(14,10(12)13)9-5-3-4-7-6-8(7)9/h7-9,14H,2-6H2,1H3,(H,12,13). The summed E-state index contributed by atoms with van der Waals surface area (Å²) in [7, 11) is 0. The fourth-order valence-corrected chi connectivity index (χ4v) is 3.07. The van der Waals surface area contributed by atoms with Crippen molar-refractivity contribution < 1.29 is 15.0 Å². The van der Waals surface area contributed by atoms with Crippen molar-refractivity contribution in [2.24, 2.45) is 17.8 Å². The molecule has 0 aromatic carbocycles. The van der Waals surface area contributed by atoms with Gasteiger partial charge in [0.1, 0.15) is 0 Å². The Balaban J connectivity index is 2.14. The number of aliphatic hydroxyl groups is 1. The molecular weight excluding hydrogens is 180 g/mol. The second-order valence-electron chi connectivity index (χ2n) is 4.78. The van der Waals surface area contributed by atoms with Gasteiger partial charge < -0.3 is 10.2 Å². The lowest BCUT2D eigenvalue weighted by Crippen LogP contribution is -2.47. The number of carboxylic acid groups (broad SMARTS) is 1. The van der Waals surface area contributed by atoms with Gasteiger partial charge in [-0.1, -0.05) is 19.8 Å². The maximum Gasteiger partial charge on any atom is 0.335 e. The summed E-state index contributed by atoms with van der Waals surface area (Å²) in [6, 6.07) is 0. The van der Waals surface area contributed by atoms with Crippen LogP contribution >= 0.6 is 0 Å². The monoisotopic (exact) mass is 198 g/mol. The summed E-state index contributed by atoms with van der Waals surface area (Å²) < 4.78 is 0. The molecule has 4 unspecified atom stereocenters. The van der Waals surface area contributed by atoms with Crippen molar-refractivity contribution >= 4 is 5.97 Å². The zero-order valence-corrected chi connectivity index (χ0v) is 8.57. The van der Waals surface area contributed by atoms with Gasteiger partial charge in [-0.05, 0) is 31.1 Å². The van der Waals surface area contributed by atoms with E-state index in [9.17, 15) is 9.90 Å². The Hall–Kier alpha value is -0.570. The molecule has 0 spiro atoms. The average molecular weight is 198 g/mol. The lowest BCUT2D eigenvalue weighted by atomic mass is 9.75. The predicted octanol–water partition coefficient (Wildman–Crippen LogP) is 1.65. The molecule has 0 amide bonds. The summed E-state index contributed by atoms with van der Waals surface area (Å²) in [5.74, 6) is 0.178. The number of carbonyl (C=O) groups is 1. The molecule has 14 heavy (non-hydrogen) atoms. The number of hydrogen-bond donors (Lipinski definition) is 2. The fraction of sp³-hybridized carbons (Fsp3) is 0.909. The Bertz CT molecular complexity index is 251. The minimum atomic E-state index is -1.46. The normalized spacial score (nSPS) is 39.7. The van der Waals surface area contributed by atoms with Crippen LogP contribution in [0, 0.1) is 17.8 Å². The van der Waals surface area contributed by atoms with Gasteiger partial charge >= 0.3 is 5.97 Å². The molecule has 2 saturated carbocycles. The summed E-state index contributed by atoms with van der Waals surface area (Å²) in [6.07, 6.45) is 4.68. The van der Waals surface area contributed by atoms with Crippen LogP contribution in [0.3, 0.4) is 0 Å². The van der Waals surface area contributed by atoms with Gasteiger partial charge in [0, 0.05) is 5.92 Å². The third-order valence-corrected chi connectivity index (χ3v) is 4.11. The van der Waals surface area contributed by atoms with Crippen molar-refractivity contribution in [3.8, 4) is 0 Å². The topological polar surface area (TPSA) is 57.5 Å².